The predicted molar refractivity (Wildman–Crippen MR) is 125 cm³/mol. The number of allylic oxidation sites excluding steroid dienone is 3. The fraction of sp³-hybridized carbons (Fsp3) is 0.480. The number of dihydropyridines is 1. The maximum Gasteiger partial charge on any atom is 0.337 e. The molecule has 8 nitrogen and oxygen atoms in total. The monoisotopic (exact) mass is 491 g/mol. The number of phenolic OH excluding ortho intramolecular Hbond substituents is 1. The Kier molecular flexibility index (Phi) is 7.60. The number of carbonyl (C=O) groups excluding carboxylic acids is 3. The Hall–Kier alpha value is -3.00. The van der Waals surface area contributed by atoms with Gasteiger partial charge in [-0.2, -0.15) is 0 Å². The minimum atomic E-state index is -1.01. The van der Waals surface area contributed by atoms with Gasteiger partial charge in [-0.15, -0.1) is 0 Å². The number of methoxy groups -OCH3 is 1. The maximum atomic E-state index is 13.7. The van der Waals surface area contributed by atoms with Gasteiger partial charge in [0.05, 0.1) is 30.4 Å². The van der Waals surface area contributed by atoms with Gasteiger partial charge in [0.25, 0.3) is 0 Å². The third-order valence-electron chi connectivity index (χ3n) is 5.99. The van der Waals surface area contributed by atoms with Crippen LogP contribution >= 0.6 is 11.6 Å². The Bertz CT molecular complexity index is 1090. The molecule has 0 saturated carbocycles. The van der Waals surface area contributed by atoms with Crippen molar-refractivity contribution in [1.82, 2.24) is 5.32 Å². The summed E-state index contributed by atoms with van der Waals surface area (Å²) in [5, 5.41) is 13.6. The lowest BCUT2D eigenvalue weighted by Crippen LogP contribution is -2.43. The van der Waals surface area contributed by atoms with E-state index in [9.17, 15) is 19.5 Å². The SMILES string of the molecule is CCOc1cc([C@@H]2C(C(=O)OC(C)C)=C(C)NC3=C2C(=O)[C@@H](C(=O)OC)[C@@H](C)C3)cc(Cl)c1O. The summed E-state index contributed by atoms with van der Waals surface area (Å²) in [4.78, 5) is 39.5. The number of aromatic hydroxyl groups is 1. The number of nitrogens with one attached hydrogen (secondary N) is 1. The number of esters is 2. The van der Waals surface area contributed by atoms with Crippen molar-refractivity contribution in [3.8, 4) is 11.5 Å². The summed E-state index contributed by atoms with van der Waals surface area (Å²) in [7, 11) is 1.24. The van der Waals surface area contributed by atoms with Gasteiger partial charge in [-0.3, -0.25) is 9.59 Å². The number of hydrogen-bond acceptors (Lipinski definition) is 8. The van der Waals surface area contributed by atoms with Crippen LogP contribution in [0.3, 0.4) is 0 Å². The topological polar surface area (TPSA) is 111 Å². The molecular formula is C25H30ClNO7. The van der Waals surface area contributed by atoms with Crippen molar-refractivity contribution in [3.05, 3.63) is 45.3 Å². The molecule has 3 rings (SSSR count). The predicted octanol–water partition coefficient (Wildman–Crippen LogP) is 4.01. The second-order valence-electron chi connectivity index (χ2n) is 8.77. The highest BCUT2D eigenvalue weighted by atomic mass is 35.5. The summed E-state index contributed by atoms with van der Waals surface area (Å²) in [6.45, 7) is 9.04. The molecule has 3 atom stereocenters. The summed E-state index contributed by atoms with van der Waals surface area (Å²) in [6.07, 6.45) is 0.0156. The molecule has 1 aromatic carbocycles. The van der Waals surface area contributed by atoms with Crippen molar-refractivity contribution < 1.29 is 33.7 Å². The molecule has 34 heavy (non-hydrogen) atoms. The van der Waals surface area contributed by atoms with E-state index < -0.39 is 35.7 Å². The van der Waals surface area contributed by atoms with Crippen LogP contribution in [-0.2, 0) is 23.9 Å². The molecule has 184 valence electrons. The highest BCUT2D eigenvalue weighted by Gasteiger charge is 2.47. The number of ketones is 1. The van der Waals surface area contributed by atoms with Crippen molar-refractivity contribution in [2.75, 3.05) is 13.7 Å². The first-order valence-electron chi connectivity index (χ1n) is 11.2. The summed E-state index contributed by atoms with van der Waals surface area (Å²) in [5.41, 5.74) is 2.13. The van der Waals surface area contributed by atoms with Crippen LogP contribution in [0.15, 0.2) is 34.7 Å². The summed E-state index contributed by atoms with van der Waals surface area (Å²) >= 11 is 6.31. The van der Waals surface area contributed by atoms with Crippen LogP contribution in [0.5, 0.6) is 11.5 Å². The van der Waals surface area contributed by atoms with E-state index in [1.165, 1.54) is 13.2 Å². The average Bonchev–Trinajstić information content (AvgIpc) is 2.75. The second-order valence-corrected chi connectivity index (χ2v) is 9.18. The quantitative estimate of drug-likeness (QED) is 0.453. The first-order chi connectivity index (χ1) is 16.0. The number of Topliss-reactive ketones (excluding diaryl/α,β-unsaturated/α-hetero) is 1. The van der Waals surface area contributed by atoms with E-state index in [1.807, 2.05) is 6.92 Å². The Morgan fingerprint density at radius 2 is 1.97 bits per heavy atom. The number of halogens is 1. The molecule has 0 saturated heterocycles. The summed E-state index contributed by atoms with van der Waals surface area (Å²) < 4.78 is 15.9. The van der Waals surface area contributed by atoms with Crippen molar-refractivity contribution in [1.29, 1.82) is 0 Å². The number of rotatable bonds is 6. The van der Waals surface area contributed by atoms with Gasteiger partial charge in [0, 0.05) is 22.9 Å². The number of ether oxygens (including phenoxy) is 3. The zero-order valence-corrected chi connectivity index (χ0v) is 20.9. The largest absolute Gasteiger partial charge is 0.503 e. The van der Waals surface area contributed by atoms with Gasteiger partial charge in [0.1, 0.15) is 5.92 Å². The molecule has 2 N–H and O–H groups in total. The minimum absolute atomic E-state index is 0.0111. The van der Waals surface area contributed by atoms with Crippen LogP contribution in [0.4, 0.5) is 0 Å². The Labute approximate surface area is 203 Å². The van der Waals surface area contributed by atoms with E-state index in [4.69, 9.17) is 25.8 Å². The maximum absolute atomic E-state index is 13.7. The Balaban J connectivity index is 2.26. The molecule has 1 aliphatic carbocycles. The normalized spacial score (nSPS) is 22.4. The van der Waals surface area contributed by atoms with Crippen LogP contribution in [0.1, 0.15) is 52.5 Å². The van der Waals surface area contributed by atoms with E-state index in [0.29, 0.717) is 23.4 Å². The fourth-order valence-corrected chi connectivity index (χ4v) is 4.81. The van der Waals surface area contributed by atoms with Crippen molar-refractivity contribution in [2.24, 2.45) is 11.8 Å². The molecule has 0 unspecified atom stereocenters. The smallest absolute Gasteiger partial charge is 0.337 e. The van der Waals surface area contributed by atoms with Gasteiger partial charge in [-0.1, -0.05) is 18.5 Å². The van der Waals surface area contributed by atoms with Gasteiger partial charge >= 0.3 is 11.9 Å². The Morgan fingerprint density at radius 3 is 2.56 bits per heavy atom. The summed E-state index contributed by atoms with van der Waals surface area (Å²) in [5.74, 6) is -3.95. The van der Waals surface area contributed by atoms with Crippen molar-refractivity contribution in [3.63, 3.8) is 0 Å². The zero-order chi connectivity index (χ0) is 25.3. The average molecular weight is 492 g/mol. The van der Waals surface area contributed by atoms with Crippen LogP contribution in [-0.4, -0.2) is 42.6 Å². The fourth-order valence-electron chi connectivity index (χ4n) is 4.59. The number of phenols is 1. The van der Waals surface area contributed by atoms with E-state index in [0.717, 1.165) is 0 Å². The second kappa shape index (κ2) is 10.1. The highest BCUT2D eigenvalue weighted by Crippen LogP contribution is 2.48. The molecule has 0 spiro atoms. The van der Waals surface area contributed by atoms with E-state index in [-0.39, 0.29) is 40.2 Å². The standard InChI is InChI=1S/C25H30ClNO7/c1-7-33-17-10-14(9-15(26)22(17)28)20-19(25(31)34-11(2)3)13(5)27-16-8-12(4)18(24(30)32-6)23(29)21(16)20/h9-12,18,20,27-28H,7-8H2,1-6H3/t12-,18-,20+/m0/s1. The first kappa shape index (κ1) is 25.6. The Morgan fingerprint density at radius 1 is 1.29 bits per heavy atom. The van der Waals surface area contributed by atoms with Crippen molar-refractivity contribution >= 4 is 29.3 Å². The zero-order valence-electron chi connectivity index (χ0n) is 20.2. The first-order valence-corrected chi connectivity index (χ1v) is 11.6. The van der Waals surface area contributed by atoms with Crippen molar-refractivity contribution in [2.45, 2.75) is 53.1 Å². The third-order valence-corrected chi connectivity index (χ3v) is 6.28. The van der Waals surface area contributed by atoms with Gasteiger partial charge < -0.3 is 24.6 Å². The molecule has 0 bridgehead atoms. The molecule has 2 aliphatic rings. The lowest BCUT2D eigenvalue weighted by atomic mass is 9.69. The van der Waals surface area contributed by atoms with Crippen LogP contribution in [0.25, 0.3) is 0 Å². The summed E-state index contributed by atoms with van der Waals surface area (Å²) in [6, 6.07) is 3.05. The van der Waals surface area contributed by atoms with Gasteiger partial charge in [-0.25, -0.2) is 4.79 Å². The van der Waals surface area contributed by atoms with Crippen LogP contribution in [0.2, 0.25) is 5.02 Å². The third kappa shape index (κ3) is 4.64. The molecule has 0 aromatic heterocycles. The van der Waals surface area contributed by atoms with Crippen LogP contribution < -0.4 is 10.1 Å². The number of hydrogen-bond donors (Lipinski definition) is 2. The number of benzene rings is 1. The van der Waals surface area contributed by atoms with Crippen LogP contribution in [0, 0.1) is 11.8 Å². The molecule has 0 amide bonds. The molecular weight excluding hydrogens is 462 g/mol. The van der Waals surface area contributed by atoms with Gasteiger partial charge in [-0.05, 0) is 57.7 Å². The molecule has 1 aliphatic heterocycles. The molecule has 1 heterocycles. The van der Waals surface area contributed by atoms with Gasteiger partial charge in [0.15, 0.2) is 17.3 Å². The highest BCUT2D eigenvalue weighted by molar-refractivity contribution is 6.32. The van der Waals surface area contributed by atoms with E-state index >= 15 is 0 Å². The number of carbonyl (C=O) groups is 3. The van der Waals surface area contributed by atoms with E-state index in [1.54, 1.807) is 33.8 Å². The molecule has 0 fully saturated rings. The molecule has 0 radical (unpaired) electrons. The molecule has 1 aromatic rings. The minimum Gasteiger partial charge on any atom is -0.503 e. The molecule has 9 heteroatoms. The van der Waals surface area contributed by atoms with Gasteiger partial charge in [0.2, 0.25) is 0 Å². The lowest BCUT2D eigenvalue weighted by molar-refractivity contribution is -0.151. The van der Waals surface area contributed by atoms with E-state index in [2.05, 4.69) is 5.32 Å². The lowest BCUT2D eigenvalue weighted by Gasteiger charge is -2.38.